The molecule has 0 radical (unpaired) electrons. The topological polar surface area (TPSA) is 63.3 Å². The molecule has 0 saturated heterocycles. The lowest BCUT2D eigenvalue weighted by molar-refractivity contribution is 0.0938. The lowest BCUT2D eigenvalue weighted by Crippen LogP contribution is -2.35. The van der Waals surface area contributed by atoms with Crippen molar-refractivity contribution in [3.63, 3.8) is 0 Å². The average molecular weight is 336 g/mol. The van der Waals surface area contributed by atoms with Crippen molar-refractivity contribution in [1.29, 1.82) is 0 Å². The van der Waals surface area contributed by atoms with E-state index in [1.807, 2.05) is 12.1 Å². The molecule has 2 N–H and O–H groups in total. The van der Waals surface area contributed by atoms with E-state index in [4.69, 9.17) is 9.47 Å². The van der Waals surface area contributed by atoms with Gasteiger partial charge in [0.2, 0.25) is 0 Å². The SMILES string of the molecule is COc1ccc(C(=O)NC2Cc3[nH]c4ccccc4c3C2)cc1OC. The van der Waals surface area contributed by atoms with Crippen LogP contribution >= 0.6 is 0 Å². The van der Waals surface area contributed by atoms with Crippen molar-refractivity contribution in [2.45, 2.75) is 18.9 Å². The van der Waals surface area contributed by atoms with E-state index in [9.17, 15) is 4.79 Å². The van der Waals surface area contributed by atoms with Gasteiger partial charge < -0.3 is 19.8 Å². The Kier molecular flexibility index (Phi) is 3.84. The van der Waals surface area contributed by atoms with Gasteiger partial charge in [-0.2, -0.15) is 0 Å². The largest absolute Gasteiger partial charge is 0.493 e. The lowest BCUT2D eigenvalue weighted by Gasteiger charge is -2.14. The molecule has 1 aliphatic carbocycles. The van der Waals surface area contributed by atoms with E-state index in [1.165, 1.54) is 16.6 Å². The molecule has 1 atom stereocenters. The zero-order chi connectivity index (χ0) is 17.4. The van der Waals surface area contributed by atoms with Crippen LogP contribution < -0.4 is 14.8 Å². The molecule has 1 aliphatic rings. The van der Waals surface area contributed by atoms with E-state index >= 15 is 0 Å². The molecule has 3 aromatic rings. The second kappa shape index (κ2) is 6.16. The van der Waals surface area contributed by atoms with Crippen LogP contribution in [-0.4, -0.2) is 31.2 Å². The van der Waals surface area contributed by atoms with Crippen molar-refractivity contribution in [1.82, 2.24) is 10.3 Å². The number of H-pyrrole nitrogens is 1. The van der Waals surface area contributed by atoms with Crippen LogP contribution in [0.4, 0.5) is 0 Å². The number of fused-ring (bicyclic) bond motifs is 3. The van der Waals surface area contributed by atoms with Gasteiger partial charge in [-0.25, -0.2) is 0 Å². The molecule has 2 aromatic carbocycles. The number of rotatable bonds is 4. The molecule has 4 rings (SSSR count). The second-order valence-corrected chi connectivity index (χ2v) is 6.28. The summed E-state index contributed by atoms with van der Waals surface area (Å²) in [5, 5.41) is 4.38. The highest BCUT2D eigenvalue weighted by atomic mass is 16.5. The summed E-state index contributed by atoms with van der Waals surface area (Å²) in [7, 11) is 3.14. The molecule has 0 saturated carbocycles. The van der Waals surface area contributed by atoms with Crippen LogP contribution in [0.2, 0.25) is 0 Å². The van der Waals surface area contributed by atoms with Gasteiger partial charge in [-0.15, -0.1) is 0 Å². The number of hydrogen-bond acceptors (Lipinski definition) is 3. The quantitative estimate of drug-likeness (QED) is 0.769. The van der Waals surface area contributed by atoms with E-state index in [2.05, 4.69) is 22.4 Å². The predicted molar refractivity (Wildman–Crippen MR) is 96.5 cm³/mol. The molecule has 0 bridgehead atoms. The number of methoxy groups -OCH3 is 2. The Morgan fingerprint density at radius 2 is 1.88 bits per heavy atom. The van der Waals surface area contributed by atoms with Gasteiger partial charge in [-0.3, -0.25) is 4.79 Å². The monoisotopic (exact) mass is 336 g/mol. The van der Waals surface area contributed by atoms with Crippen molar-refractivity contribution in [2.75, 3.05) is 14.2 Å². The molecule has 1 unspecified atom stereocenters. The summed E-state index contributed by atoms with van der Waals surface area (Å²) in [6, 6.07) is 13.6. The predicted octanol–water partition coefficient (Wildman–Crippen LogP) is 3.08. The molecule has 1 heterocycles. The smallest absolute Gasteiger partial charge is 0.251 e. The van der Waals surface area contributed by atoms with Gasteiger partial charge >= 0.3 is 0 Å². The molecule has 128 valence electrons. The minimum atomic E-state index is -0.0968. The van der Waals surface area contributed by atoms with Crippen molar-refractivity contribution >= 4 is 16.8 Å². The van der Waals surface area contributed by atoms with Gasteiger partial charge in [0.1, 0.15) is 0 Å². The minimum absolute atomic E-state index is 0.0968. The zero-order valence-corrected chi connectivity index (χ0v) is 14.3. The fourth-order valence-corrected chi connectivity index (χ4v) is 3.58. The van der Waals surface area contributed by atoms with Crippen molar-refractivity contribution in [2.24, 2.45) is 0 Å². The lowest BCUT2D eigenvalue weighted by atomic mass is 10.1. The molecule has 25 heavy (non-hydrogen) atoms. The van der Waals surface area contributed by atoms with Crippen molar-refractivity contribution < 1.29 is 14.3 Å². The van der Waals surface area contributed by atoms with Crippen LogP contribution in [0.15, 0.2) is 42.5 Å². The van der Waals surface area contributed by atoms with Gasteiger partial charge in [0, 0.05) is 34.6 Å². The van der Waals surface area contributed by atoms with Crippen LogP contribution in [0.25, 0.3) is 10.9 Å². The summed E-state index contributed by atoms with van der Waals surface area (Å²) < 4.78 is 10.5. The first kappa shape index (κ1) is 15.6. The van der Waals surface area contributed by atoms with Crippen LogP contribution in [-0.2, 0) is 12.8 Å². The summed E-state index contributed by atoms with van der Waals surface area (Å²) in [5.74, 6) is 1.07. The van der Waals surface area contributed by atoms with Crippen LogP contribution in [0.1, 0.15) is 21.6 Å². The number of nitrogens with one attached hydrogen (secondary N) is 2. The number of para-hydroxylation sites is 1. The molecule has 5 heteroatoms. The maximum Gasteiger partial charge on any atom is 0.251 e. The normalized spacial score (nSPS) is 15.8. The maximum absolute atomic E-state index is 12.6. The Balaban J connectivity index is 1.50. The highest BCUT2D eigenvalue weighted by Crippen LogP contribution is 2.31. The fourth-order valence-electron chi connectivity index (χ4n) is 3.58. The molecule has 0 fully saturated rings. The molecule has 0 aliphatic heterocycles. The number of ether oxygens (including phenoxy) is 2. The Morgan fingerprint density at radius 3 is 2.68 bits per heavy atom. The molecular formula is C20H20N2O3. The van der Waals surface area contributed by atoms with Gasteiger partial charge in [0.15, 0.2) is 11.5 Å². The van der Waals surface area contributed by atoms with Gasteiger partial charge in [0.05, 0.1) is 14.2 Å². The molecule has 1 aromatic heterocycles. The molecular weight excluding hydrogens is 316 g/mol. The number of hydrogen-bond donors (Lipinski definition) is 2. The Labute approximate surface area is 146 Å². The third kappa shape index (κ3) is 2.71. The first-order valence-corrected chi connectivity index (χ1v) is 8.31. The number of aromatic nitrogens is 1. The fraction of sp³-hybridized carbons (Fsp3) is 0.250. The Hall–Kier alpha value is -2.95. The van der Waals surface area contributed by atoms with Gasteiger partial charge in [0.25, 0.3) is 5.91 Å². The minimum Gasteiger partial charge on any atom is -0.493 e. The van der Waals surface area contributed by atoms with Crippen LogP contribution in [0, 0.1) is 0 Å². The number of benzene rings is 2. The summed E-state index contributed by atoms with van der Waals surface area (Å²) in [6.07, 6.45) is 1.67. The average Bonchev–Trinajstić information content (AvgIpc) is 3.18. The summed E-state index contributed by atoms with van der Waals surface area (Å²) in [6.45, 7) is 0. The van der Waals surface area contributed by atoms with Crippen LogP contribution in [0.3, 0.4) is 0 Å². The van der Waals surface area contributed by atoms with E-state index in [0.29, 0.717) is 17.1 Å². The first-order valence-electron chi connectivity index (χ1n) is 8.31. The van der Waals surface area contributed by atoms with Gasteiger partial charge in [-0.1, -0.05) is 18.2 Å². The van der Waals surface area contributed by atoms with Crippen molar-refractivity contribution in [3.8, 4) is 11.5 Å². The maximum atomic E-state index is 12.6. The van der Waals surface area contributed by atoms with E-state index in [0.717, 1.165) is 18.4 Å². The number of aromatic amines is 1. The van der Waals surface area contributed by atoms with E-state index in [1.54, 1.807) is 32.4 Å². The van der Waals surface area contributed by atoms with Crippen LogP contribution in [0.5, 0.6) is 11.5 Å². The molecule has 5 nitrogen and oxygen atoms in total. The first-order chi connectivity index (χ1) is 12.2. The highest BCUT2D eigenvalue weighted by Gasteiger charge is 2.27. The van der Waals surface area contributed by atoms with E-state index < -0.39 is 0 Å². The summed E-state index contributed by atoms with van der Waals surface area (Å²) in [5.41, 5.74) is 4.27. The van der Waals surface area contributed by atoms with E-state index in [-0.39, 0.29) is 11.9 Å². The second-order valence-electron chi connectivity index (χ2n) is 6.28. The number of carbonyl (C=O) groups is 1. The Morgan fingerprint density at radius 1 is 1.08 bits per heavy atom. The highest BCUT2D eigenvalue weighted by molar-refractivity contribution is 5.95. The third-order valence-corrected chi connectivity index (χ3v) is 4.78. The summed E-state index contributed by atoms with van der Waals surface area (Å²) in [4.78, 5) is 16.1. The Bertz CT molecular complexity index is 945. The molecule has 0 spiro atoms. The third-order valence-electron chi connectivity index (χ3n) is 4.78. The zero-order valence-electron chi connectivity index (χ0n) is 14.3. The number of carbonyl (C=O) groups excluding carboxylic acids is 1. The molecule has 1 amide bonds. The standard InChI is InChI=1S/C20H20N2O3/c1-24-18-8-7-12(9-19(18)25-2)20(23)21-13-10-15-14-5-3-4-6-16(14)22-17(15)11-13/h3-9,13,22H,10-11H2,1-2H3,(H,21,23). The van der Waals surface area contributed by atoms with Gasteiger partial charge in [-0.05, 0) is 36.2 Å². The van der Waals surface area contributed by atoms with Crippen molar-refractivity contribution in [3.05, 3.63) is 59.3 Å². The number of amides is 1. The summed E-state index contributed by atoms with van der Waals surface area (Å²) >= 11 is 0.